The number of nitrogens with two attached hydrogens (primary N) is 2. The van der Waals surface area contributed by atoms with Crippen molar-refractivity contribution in [2.24, 2.45) is 5.73 Å². The third-order valence-corrected chi connectivity index (χ3v) is 7.01. The third-order valence-electron chi connectivity index (χ3n) is 6.15. The fourth-order valence-corrected chi connectivity index (χ4v) is 5.02. The minimum Gasteiger partial charge on any atom is -0.493 e. The number of hydrogen-bond acceptors (Lipinski definition) is 10. The normalized spacial score (nSPS) is 11.5. The summed E-state index contributed by atoms with van der Waals surface area (Å²) in [6, 6.07) is 10.5. The number of anilines is 2. The van der Waals surface area contributed by atoms with Crippen LogP contribution in [0.15, 0.2) is 48.7 Å². The van der Waals surface area contributed by atoms with E-state index in [1.807, 2.05) is 12.1 Å². The van der Waals surface area contributed by atoms with Crippen LogP contribution in [0.25, 0.3) is 10.9 Å². The summed E-state index contributed by atoms with van der Waals surface area (Å²) in [5, 5.41) is 3.22. The van der Waals surface area contributed by atoms with Crippen molar-refractivity contribution in [2.45, 2.75) is 13.0 Å². The van der Waals surface area contributed by atoms with Crippen molar-refractivity contribution >= 4 is 57.5 Å². The largest absolute Gasteiger partial charge is 0.493 e. The Hall–Kier alpha value is -5.11. The average Bonchev–Trinajstić information content (AvgIpc) is 3.57. The van der Waals surface area contributed by atoms with Gasteiger partial charge >= 0.3 is 5.97 Å². The summed E-state index contributed by atoms with van der Waals surface area (Å²) in [4.78, 5) is 56.3. The van der Waals surface area contributed by atoms with Crippen molar-refractivity contribution in [1.82, 2.24) is 14.7 Å². The zero-order valence-electron chi connectivity index (χ0n) is 22.4. The fraction of sp³-hybridized carbons (Fsp3) is 0.222. The molecule has 0 saturated heterocycles. The van der Waals surface area contributed by atoms with Gasteiger partial charge in [0.15, 0.2) is 17.2 Å². The van der Waals surface area contributed by atoms with Crippen molar-refractivity contribution in [1.29, 1.82) is 0 Å². The molecule has 0 saturated carbocycles. The number of methoxy groups -OCH3 is 2. The maximum Gasteiger partial charge on any atom is 0.325 e. The van der Waals surface area contributed by atoms with E-state index in [9.17, 15) is 19.2 Å². The van der Waals surface area contributed by atoms with Gasteiger partial charge in [-0.3, -0.25) is 24.1 Å². The molecule has 0 radical (unpaired) electrons. The van der Waals surface area contributed by atoms with E-state index in [2.05, 4.69) is 14.7 Å². The first-order valence-corrected chi connectivity index (χ1v) is 13.1. The van der Waals surface area contributed by atoms with Gasteiger partial charge in [-0.1, -0.05) is 18.2 Å². The summed E-state index contributed by atoms with van der Waals surface area (Å²) in [6.45, 7) is 1.34. The molecule has 6 N–H and O–H groups in total. The molecule has 14 heteroatoms. The number of nitrogens with zero attached hydrogens (tertiary/aromatic N) is 2. The Bertz CT molecular complexity index is 1610. The molecule has 1 atom stereocenters. The summed E-state index contributed by atoms with van der Waals surface area (Å²) in [5.74, 6) is -2.34. The van der Waals surface area contributed by atoms with E-state index in [1.165, 1.54) is 25.2 Å². The number of fused-ring (bicyclic) bond motifs is 1. The monoisotopic (exact) mass is 580 g/mol. The molecular formula is C27H28N6O7S. The Morgan fingerprint density at radius 2 is 1.83 bits per heavy atom. The number of hydrogen-bond donors (Lipinski definition) is 4. The highest BCUT2D eigenvalue weighted by molar-refractivity contribution is 7.09. The van der Waals surface area contributed by atoms with Gasteiger partial charge in [0.05, 0.1) is 26.5 Å². The van der Waals surface area contributed by atoms with Crippen LogP contribution in [0.5, 0.6) is 11.5 Å². The predicted molar refractivity (Wildman–Crippen MR) is 152 cm³/mol. The highest BCUT2D eigenvalue weighted by Gasteiger charge is 2.38. The number of nitrogens with one attached hydrogen (secondary N) is 2. The fourth-order valence-electron chi connectivity index (χ4n) is 4.28. The van der Waals surface area contributed by atoms with Gasteiger partial charge in [0.1, 0.15) is 17.5 Å². The number of benzene rings is 2. The standard InChI is InChI=1S/C27H28N6O7S/c1-4-40-20(34)13-31-26(36)23(16-12-30-17-8-6-5-7-15(16)17)33(14-9-10-18(38-2)19(11-14)39-3)27(37)24-21(28)22(25(29)35)32-41-24/h5-12,23,30H,4,13,28H2,1-3H3,(H2,29,35)(H,31,36)/t23-/m1/s1. The van der Waals surface area contributed by atoms with E-state index in [0.29, 0.717) is 33.7 Å². The lowest BCUT2D eigenvalue weighted by molar-refractivity contribution is -0.143. The highest BCUT2D eigenvalue weighted by atomic mass is 32.1. The highest BCUT2D eigenvalue weighted by Crippen LogP contribution is 2.39. The molecule has 3 amide bonds. The molecule has 2 aromatic heterocycles. The van der Waals surface area contributed by atoms with Crippen molar-refractivity contribution in [3.8, 4) is 11.5 Å². The Labute approximate surface area is 238 Å². The summed E-state index contributed by atoms with van der Waals surface area (Å²) < 4.78 is 19.7. The van der Waals surface area contributed by atoms with Gasteiger partial charge in [0.2, 0.25) is 5.91 Å². The quantitative estimate of drug-likeness (QED) is 0.193. The van der Waals surface area contributed by atoms with Gasteiger partial charge in [0, 0.05) is 34.4 Å². The number of ether oxygens (including phenoxy) is 3. The zero-order chi connectivity index (χ0) is 29.7. The Kier molecular flexibility index (Phi) is 8.72. The third kappa shape index (κ3) is 5.77. The number of amides is 3. The molecule has 0 aliphatic heterocycles. The lowest BCUT2D eigenvalue weighted by Gasteiger charge is -2.31. The van der Waals surface area contributed by atoms with Crippen LogP contribution in [-0.4, -0.2) is 60.4 Å². The van der Waals surface area contributed by atoms with Crippen LogP contribution < -0.4 is 31.2 Å². The molecule has 2 aromatic carbocycles. The predicted octanol–water partition coefficient (Wildman–Crippen LogP) is 2.39. The molecular weight excluding hydrogens is 552 g/mol. The summed E-state index contributed by atoms with van der Waals surface area (Å²) in [6.07, 6.45) is 1.60. The molecule has 0 fully saturated rings. The number of primary amides is 1. The lowest BCUT2D eigenvalue weighted by Crippen LogP contribution is -2.45. The van der Waals surface area contributed by atoms with Gasteiger partial charge in [-0.15, -0.1) is 0 Å². The van der Waals surface area contributed by atoms with E-state index >= 15 is 0 Å². The van der Waals surface area contributed by atoms with Crippen molar-refractivity contribution in [3.05, 3.63) is 64.8 Å². The Morgan fingerprint density at radius 1 is 1.10 bits per heavy atom. The molecule has 2 heterocycles. The summed E-state index contributed by atoms with van der Waals surface area (Å²) >= 11 is 0.671. The second kappa shape index (κ2) is 12.4. The van der Waals surface area contributed by atoms with Crippen LogP contribution in [0.2, 0.25) is 0 Å². The summed E-state index contributed by atoms with van der Waals surface area (Å²) in [5.41, 5.74) is 12.4. The van der Waals surface area contributed by atoms with Crippen LogP contribution in [-0.2, 0) is 14.3 Å². The molecule has 4 rings (SSSR count). The number of nitrogen functional groups attached to an aromatic ring is 1. The first-order chi connectivity index (χ1) is 19.7. The first-order valence-electron chi connectivity index (χ1n) is 12.3. The maximum atomic E-state index is 14.3. The number of aromatic amines is 1. The zero-order valence-corrected chi connectivity index (χ0v) is 23.2. The summed E-state index contributed by atoms with van der Waals surface area (Å²) in [7, 11) is 2.89. The van der Waals surface area contributed by atoms with Crippen LogP contribution in [0.1, 0.15) is 38.7 Å². The minimum atomic E-state index is -1.34. The van der Waals surface area contributed by atoms with Gasteiger partial charge in [-0.25, -0.2) is 0 Å². The minimum absolute atomic E-state index is 0.114. The van der Waals surface area contributed by atoms with Crippen LogP contribution >= 0.6 is 11.5 Å². The Balaban J connectivity index is 1.94. The number of carbonyl (C=O) groups is 4. The van der Waals surface area contributed by atoms with Gasteiger partial charge in [-0.2, -0.15) is 4.37 Å². The van der Waals surface area contributed by atoms with E-state index in [4.69, 9.17) is 25.7 Å². The molecule has 0 spiro atoms. The second-order valence-electron chi connectivity index (χ2n) is 8.57. The molecule has 4 aromatic rings. The van der Waals surface area contributed by atoms with Crippen LogP contribution in [0.4, 0.5) is 11.4 Å². The van der Waals surface area contributed by atoms with Crippen molar-refractivity contribution < 1.29 is 33.4 Å². The smallest absolute Gasteiger partial charge is 0.325 e. The molecule has 41 heavy (non-hydrogen) atoms. The van der Waals surface area contributed by atoms with E-state index < -0.39 is 36.3 Å². The average molecular weight is 581 g/mol. The molecule has 214 valence electrons. The second-order valence-corrected chi connectivity index (χ2v) is 9.34. The number of para-hydroxylation sites is 1. The number of H-pyrrole nitrogens is 1. The van der Waals surface area contributed by atoms with Crippen molar-refractivity contribution in [3.63, 3.8) is 0 Å². The van der Waals surface area contributed by atoms with Gasteiger partial charge in [-0.05, 0) is 36.7 Å². The van der Waals surface area contributed by atoms with E-state index in [1.54, 1.807) is 37.4 Å². The molecule has 0 aliphatic rings. The van der Waals surface area contributed by atoms with Crippen LogP contribution in [0.3, 0.4) is 0 Å². The molecule has 13 nitrogen and oxygen atoms in total. The number of aromatic nitrogens is 2. The maximum absolute atomic E-state index is 14.3. The van der Waals surface area contributed by atoms with Crippen molar-refractivity contribution in [2.75, 3.05) is 38.0 Å². The molecule has 0 aliphatic carbocycles. The number of esters is 1. The number of carbonyl (C=O) groups excluding carboxylic acids is 4. The van der Waals surface area contributed by atoms with Crippen LogP contribution in [0, 0.1) is 0 Å². The van der Waals surface area contributed by atoms with E-state index in [0.717, 1.165) is 0 Å². The Morgan fingerprint density at radius 3 is 2.49 bits per heavy atom. The molecule has 0 bridgehead atoms. The lowest BCUT2D eigenvalue weighted by atomic mass is 10.0. The first kappa shape index (κ1) is 28.9. The van der Waals surface area contributed by atoms with E-state index in [-0.39, 0.29) is 34.3 Å². The SMILES string of the molecule is CCOC(=O)CNC(=O)[C@@H](c1c[nH]c2ccccc12)N(C(=O)c1snc(C(N)=O)c1N)c1ccc(OC)c(OC)c1. The van der Waals surface area contributed by atoms with Gasteiger partial charge in [0.25, 0.3) is 11.8 Å². The topological polar surface area (TPSA) is 192 Å². The number of rotatable bonds is 11. The van der Waals surface area contributed by atoms with Gasteiger partial charge < -0.3 is 36.0 Å². The molecule has 0 unspecified atom stereocenters.